The molecule has 0 saturated carbocycles. The molecular weight excluding hydrogens is 224 g/mol. The van der Waals surface area contributed by atoms with E-state index in [1.165, 1.54) is 18.4 Å². The van der Waals surface area contributed by atoms with Gasteiger partial charge < -0.3 is 9.52 Å². The second-order valence-electron chi connectivity index (χ2n) is 4.68. The highest BCUT2D eigenvalue weighted by molar-refractivity contribution is 5.32. The molecule has 0 amide bonds. The van der Waals surface area contributed by atoms with Crippen LogP contribution in [0.3, 0.4) is 0 Å². The molecule has 0 aliphatic heterocycles. The third-order valence-corrected chi connectivity index (χ3v) is 3.31. The van der Waals surface area contributed by atoms with E-state index in [-0.39, 0.29) is 0 Å². The Morgan fingerprint density at radius 2 is 1.89 bits per heavy atom. The fraction of sp³-hybridized carbons (Fsp3) is 0.375. The predicted molar refractivity (Wildman–Crippen MR) is 72.6 cm³/mol. The molecule has 1 N–H and O–H groups in total. The van der Waals surface area contributed by atoms with E-state index in [0.717, 1.165) is 23.3 Å². The van der Waals surface area contributed by atoms with Crippen molar-refractivity contribution in [3.63, 3.8) is 0 Å². The fourth-order valence-corrected chi connectivity index (χ4v) is 2.11. The van der Waals surface area contributed by atoms with Gasteiger partial charge in [-0.3, -0.25) is 0 Å². The van der Waals surface area contributed by atoms with Gasteiger partial charge in [0, 0.05) is 5.56 Å². The third-order valence-electron chi connectivity index (χ3n) is 3.31. The maximum atomic E-state index is 10.3. The van der Waals surface area contributed by atoms with Crippen LogP contribution in [-0.2, 0) is 6.42 Å². The Bertz CT molecular complexity index is 482. The summed E-state index contributed by atoms with van der Waals surface area (Å²) >= 11 is 0. The smallest absolute Gasteiger partial charge is 0.107 e. The maximum absolute atomic E-state index is 10.3. The normalized spacial score (nSPS) is 12.6. The summed E-state index contributed by atoms with van der Waals surface area (Å²) in [6.45, 7) is 4.06. The number of aryl methyl sites for hydroxylation is 2. The number of hydrogen-bond acceptors (Lipinski definition) is 2. The molecule has 0 radical (unpaired) electrons. The molecule has 2 rings (SSSR count). The van der Waals surface area contributed by atoms with E-state index in [0.29, 0.717) is 0 Å². The largest absolute Gasteiger partial charge is 0.469 e. The van der Waals surface area contributed by atoms with Gasteiger partial charge in [-0.2, -0.15) is 0 Å². The van der Waals surface area contributed by atoms with E-state index in [9.17, 15) is 5.11 Å². The monoisotopic (exact) mass is 244 g/mol. The molecule has 96 valence electrons. The van der Waals surface area contributed by atoms with Crippen LogP contribution in [0, 0.1) is 6.92 Å². The summed E-state index contributed by atoms with van der Waals surface area (Å²) < 4.78 is 5.22. The van der Waals surface area contributed by atoms with E-state index < -0.39 is 6.10 Å². The molecule has 0 spiro atoms. The number of aliphatic hydroxyl groups is 1. The number of rotatable bonds is 5. The molecule has 1 unspecified atom stereocenters. The SMILES string of the molecule is CCCCc1ccc(C(O)c2ccoc2C)cc1. The maximum Gasteiger partial charge on any atom is 0.107 e. The minimum absolute atomic E-state index is 0.594. The van der Waals surface area contributed by atoms with Crippen LogP contribution < -0.4 is 0 Å². The number of furan rings is 1. The summed E-state index contributed by atoms with van der Waals surface area (Å²) in [5.74, 6) is 0.776. The Morgan fingerprint density at radius 1 is 1.17 bits per heavy atom. The number of hydrogen-bond donors (Lipinski definition) is 1. The van der Waals surface area contributed by atoms with Crippen LogP contribution in [0.4, 0.5) is 0 Å². The van der Waals surface area contributed by atoms with Gasteiger partial charge >= 0.3 is 0 Å². The first-order chi connectivity index (χ1) is 8.72. The number of aliphatic hydroxyl groups excluding tert-OH is 1. The van der Waals surface area contributed by atoms with Crippen molar-refractivity contribution >= 4 is 0 Å². The van der Waals surface area contributed by atoms with Crippen LogP contribution >= 0.6 is 0 Å². The molecule has 18 heavy (non-hydrogen) atoms. The van der Waals surface area contributed by atoms with Crippen LogP contribution in [0.2, 0.25) is 0 Å². The highest BCUT2D eigenvalue weighted by Crippen LogP contribution is 2.25. The molecule has 2 heteroatoms. The van der Waals surface area contributed by atoms with Gasteiger partial charge in [-0.1, -0.05) is 37.6 Å². The quantitative estimate of drug-likeness (QED) is 0.862. The van der Waals surface area contributed by atoms with Crippen molar-refractivity contribution in [1.82, 2.24) is 0 Å². The van der Waals surface area contributed by atoms with Crippen molar-refractivity contribution in [2.45, 2.75) is 39.2 Å². The zero-order valence-corrected chi connectivity index (χ0v) is 11.0. The van der Waals surface area contributed by atoms with Crippen molar-refractivity contribution in [1.29, 1.82) is 0 Å². The van der Waals surface area contributed by atoms with Gasteiger partial charge in [0.2, 0.25) is 0 Å². The lowest BCUT2D eigenvalue weighted by atomic mass is 9.99. The zero-order chi connectivity index (χ0) is 13.0. The lowest BCUT2D eigenvalue weighted by Gasteiger charge is -2.11. The lowest BCUT2D eigenvalue weighted by molar-refractivity contribution is 0.218. The molecule has 0 fully saturated rings. The highest BCUT2D eigenvalue weighted by Gasteiger charge is 2.14. The molecular formula is C16H20O2. The van der Waals surface area contributed by atoms with Crippen molar-refractivity contribution in [2.24, 2.45) is 0 Å². The number of unbranched alkanes of at least 4 members (excludes halogenated alkanes) is 1. The predicted octanol–water partition coefficient (Wildman–Crippen LogP) is 4.01. The van der Waals surface area contributed by atoms with E-state index >= 15 is 0 Å². The van der Waals surface area contributed by atoms with Crippen molar-refractivity contribution in [3.05, 3.63) is 59.0 Å². The molecule has 1 atom stereocenters. The molecule has 2 nitrogen and oxygen atoms in total. The van der Waals surface area contributed by atoms with E-state index in [1.54, 1.807) is 6.26 Å². The van der Waals surface area contributed by atoms with Crippen LogP contribution in [0.25, 0.3) is 0 Å². The second kappa shape index (κ2) is 5.87. The van der Waals surface area contributed by atoms with Gasteiger partial charge in [0.1, 0.15) is 11.9 Å². The molecule has 0 saturated heterocycles. The first-order valence-electron chi connectivity index (χ1n) is 6.53. The average molecular weight is 244 g/mol. The van der Waals surface area contributed by atoms with E-state index in [1.807, 2.05) is 25.1 Å². The first-order valence-corrected chi connectivity index (χ1v) is 6.53. The molecule has 1 aromatic carbocycles. The zero-order valence-electron chi connectivity index (χ0n) is 11.0. The van der Waals surface area contributed by atoms with Crippen molar-refractivity contribution in [2.75, 3.05) is 0 Å². The van der Waals surface area contributed by atoms with Crippen LogP contribution in [-0.4, -0.2) is 5.11 Å². The second-order valence-corrected chi connectivity index (χ2v) is 4.68. The summed E-state index contributed by atoms with van der Waals surface area (Å²) in [5, 5.41) is 10.3. The third kappa shape index (κ3) is 2.82. The van der Waals surface area contributed by atoms with Crippen molar-refractivity contribution < 1.29 is 9.52 Å². The van der Waals surface area contributed by atoms with E-state index in [2.05, 4.69) is 19.1 Å². The fourth-order valence-electron chi connectivity index (χ4n) is 2.11. The van der Waals surface area contributed by atoms with Gasteiger partial charge in [0.25, 0.3) is 0 Å². The molecule has 0 aliphatic carbocycles. The Balaban J connectivity index is 2.12. The minimum atomic E-state index is -0.594. The lowest BCUT2D eigenvalue weighted by Crippen LogP contribution is -2.00. The Kier molecular flexibility index (Phi) is 4.21. The summed E-state index contributed by atoms with van der Waals surface area (Å²) in [6.07, 6.45) is 4.55. The van der Waals surface area contributed by atoms with Gasteiger partial charge in [-0.15, -0.1) is 0 Å². The van der Waals surface area contributed by atoms with E-state index in [4.69, 9.17) is 4.42 Å². The van der Waals surface area contributed by atoms with Crippen LogP contribution in [0.1, 0.15) is 48.3 Å². The van der Waals surface area contributed by atoms with Crippen LogP contribution in [0.5, 0.6) is 0 Å². The molecule has 0 aliphatic rings. The summed E-state index contributed by atoms with van der Waals surface area (Å²) in [7, 11) is 0. The standard InChI is InChI=1S/C16H20O2/c1-3-4-5-13-6-8-14(9-7-13)16(17)15-10-11-18-12(15)2/h6-11,16-17H,3-5H2,1-2H3. The van der Waals surface area contributed by atoms with Crippen LogP contribution in [0.15, 0.2) is 41.0 Å². The summed E-state index contributed by atoms with van der Waals surface area (Å²) in [5.41, 5.74) is 3.09. The molecule has 1 aromatic heterocycles. The molecule has 0 bridgehead atoms. The Labute approximate surface area is 108 Å². The topological polar surface area (TPSA) is 33.4 Å². The Hall–Kier alpha value is -1.54. The molecule has 2 aromatic rings. The van der Waals surface area contributed by atoms with Gasteiger partial charge in [-0.05, 0) is 37.0 Å². The first kappa shape index (κ1) is 12.9. The number of benzene rings is 1. The van der Waals surface area contributed by atoms with Crippen molar-refractivity contribution in [3.8, 4) is 0 Å². The molecule has 1 heterocycles. The van der Waals surface area contributed by atoms with Gasteiger partial charge in [-0.25, -0.2) is 0 Å². The average Bonchev–Trinajstić information content (AvgIpc) is 2.82. The highest BCUT2D eigenvalue weighted by atomic mass is 16.3. The summed E-state index contributed by atoms with van der Waals surface area (Å²) in [4.78, 5) is 0. The minimum Gasteiger partial charge on any atom is -0.469 e. The Morgan fingerprint density at radius 3 is 2.44 bits per heavy atom. The van der Waals surface area contributed by atoms with Gasteiger partial charge in [0.15, 0.2) is 0 Å². The van der Waals surface area contributed by atoms with Gasteiger partial charge in [0.05, 0.1) is 6.26 Å². The summed E-state index contributed by atoms with van der Waals surface area (Å²) in [6, 6.07) is 10.0.